The maximum absolute atomic E-state index is 12.3. The number of hydrogen-bond donors (Lipinski definition) is 2. The summed E-state index contributed by atoms with van der Waals surface area (Å²) >= 11 is 0. The lowest BCUT2D eigenvalue weighted by atomic mass is 9.88. The number of nitrogens with zero attached hydrogens (tertiary/aromatic N) is 1. The maximum Gasteiger partial charge on any atom is 0.241 e. The fraction of sp³-hybridized carbons (Fsp3) is 0.562. The highest BCUT2D eigenvalue weighted by Crippen LogP contribution is 2.24. The molecule has 4 heteroatoms. The second kappa shape index (κ2) is 6.27. The van der Waals surface area contributed by atoms with E-state index in [1.165, 1.54) is 6.42 Å². The van der Waals surface area contributed by atoms with Crippen LogP contribution < -0.4 is 11.1 Å². The Hall–Kier alpha value is -1.55. The Morgan fingerprint density at radius 2 is 1.95 bits per heavy atom. The van der Waals surface area contributed by atoms with Gasteiger partial charge in [0.25, 0.3) is 0 Å². The first-order valence-electron chi connectivity index (χ1n) is 7.38. The predicted octanol–water partition coefficient (Wildman–Crippen LogP) is 2.57. The fourth-order valence-electron chi connectivity index (χ4n) is 2.63. The van der Waals surface area contributed by atoms with Gasteiger partial charge in [0.15, 0.2) is 0 Å². The van der Waals surface area contributed by atoms with E-state index in [2.05, 4.69) is 24.1 Å². The molecule has 1 aliphatic heterocycles. The van der Waals surface area contributed by atoms with Gasteiger partial charge in [0, 0.05) is 17.9 Å². The minimum Gasteiger partial charge on any atom is -0.399 e. The topological polar surface area (TPSA) is 58.4 Å². The summed E-state index contributed by atoms with van der Waals surface area (Å²) in [5.41, 5.74) is 7.15. The van der Waals surface area contributed by atoms with Crippen molar-refractivity contribution in [2.45, 2.75) is 33.2 Å². The molecule has 3 N–H and O–H groups in total. The Labute approximate surface area is 121 Å². The molecule has 0 bridgehead atoms. The molecule has 1 amide bonds. The third-order valence-electron chi connectivity index (χ3n) is 4.47. The Kier molecular flexibility index (Phi) is 4.65. The van der Waals surface area contributed by atoms with E-state index in [0.29, 0.717) is 11.6 Å². The monoisotopic (exact) mass is 275 g/mol. The van der Waals surface area contributed by atoms with Crippen molar-refractivity contribution in [3.63, 3.8) is 0 Å². The summed E-state index contributed by atoms with van der Waals surface area (Å²) in [4.78, 5) is 14.6. The van der Waals surface area contributed by atoms with Gasteiger partial charge >= 0.3 is 0 Å². The molecule has 1 aliphatic rings. The molecule has 4 nitrogen and oxygen atoms in total. The van der Waals surface area contributed by atoms with Crippen LogP contribution in [0.4, 0.5) is 11.4 Å². The minimum absolute atomic E-state index is 0.0523. The van der Waals surface area contributed by atoms with E-state index in [-0.39, 0.29) is 11.9 Å². The van der Waals surface area contributed by atoms with Gasteiger partial charge < -0.3 is 11.1 Å². The zero-order chi connectivity index (χ0) is 14.7. The third-order valence-corrected chi connectivity index (χ3v) is 4.47. The van der Waals surface area contributed by atoms with Crippen LogP contribution in [0.5, 0.6) is 0 Å². The summed E-state index contributed by atoms with van der Waals surface area (Å²) < 4.78 is 0. The van der Waals surface area contributed by atoms with Gasteiger partial charge in [-0.25, -0.2) is 0 Å². The smallest absolute Gasteiger partial charge is 0.241 e. The van der Waals surface area contributed by atoms with Crippen molar-refractivity contribution in [1.29, 1.82) is 0 Å². The first-order chi connectivity index (χ1) is 9.47. The second-order valence-corrected chi connectivity index (χ2v) is 6.03. The SMILES string of the molecule is CC1CCN(C(C)C(=O)Nc2ccc(N)cc2)CC1C. The van der Waals surface area contributed by atoms with E-state index in [0.717, 1.165) is 24.7 Å². The molecule has 110 valence electrons. The lowest BCUT2D eigenvalue weighted by Gasteiger charge is -2.38. The van der Waals surface area contributed by atoms with E-state index >= 15 is 0 Å². The summed E-state index contributed by atoms with van der Waals surface area (Å²) in [6.45, 7) is 8.54. The van der Waals surface area contributed by atoms with Gasteiger partial charge in [-0.2, -0.15) is 0 Å². The van der Waals surface area contributed by atoms with Crippen molar-refractivity contribution in [2.24, 2.45) is 11.8 Å². The molecule has 1 aromatic carbocycles. The summed E-state index contributed by atoms with van der Waals surface area (Å²) in [7, 11) is 0. The van der Waals surface area contributed by atoms with Crippen molar-refractivity contribution in [3.8, 4) is 0 Å². The molecule has 20 heavy (non-hydrogen) atoms. The number of amides is 1. The number of rotatable bonds is 3. The predicted molar refractivity (Wildman–Crippen MR) is 83.5 cm³/mol. The fourth-order valence-corrected chi connectivity index (χ4v) is 2.63. The summed E-state index contributed by atoms with van der Waals surface area (Å²) in [6, 6.07) is 7.17. The van der Waals surface area contributed by atoms with Crippen LogP contribution in [0.25, 0.3) is 0 Å². The average Bonchev–Trinajstić information content (AvgIpc) is 2.43. The molecule has 1 saturated heterocycles. The molecule has 1 heterocycles. The third kappa shape index (κ3) is 3.51. The highest BCUT2D eigenvalue weighted by atomic mass is 16.2. The van der Waals surface area contributed by atoms with E-state index in [9.17, 15) is 4.79 Å². The summed E-state index contributed by atoms with van der Waals surface area (Å²) in [6.07, 6.45) is 1.17. The van der Waals surface area contributed by atoms with E-state index in [1.54, 1.807) is 12.1 Å². The molecule has 0 aromatic heterocycles. The zero-order valence-corrected chi connectivity index (χ0v) is 12.6. The Balaban J connectivity index is 1.93. The van der Waals surface area contributed by atoms with Crippen LogP contribution in [0, 0.1) is 11.8 Å². The van der Waals surface area contributed by atoms with Gasteiger partial charge in [-0.3, -0.25) is 9.69 Å². The number of benzene rings is 1. The van der Waals surface area contributed by atoms with Crippen LogP contribution in [0.1, 0.15) is 27.2 Å². The number of anilines is 2. The first kappa shape index (κ1) is 14.9. The number of hydrogen-bond acceptors (Lipinski definition) is 3. The van der Waals surface area contributed by atoms with E-state index in [1.807, 2.05) is 19.1 Å². The van der Waals surface area contributed by atoms with Crippen LogP contribution in [0.2, 0.25) is 0 Å². The number of nitrogens with one attached hydrogen (secondary N) is 1. The highest BCUT2D eigenvalue weighted by Gasteiger charge is 2.28. The summed E-state index contributed by atoms with van der Waals surface area (Å²) in [5.74, 6) is 1.45. The lowest BCUT2D eigenvalue weighted by Crippen LogP contribution is -2.48. The van der Waals surface area contributed by atoms with Crippen molar-refractivity contribution >= 4 is 17.3 Å². The van der Waals surface area contributed by atoms with Gasteiger partial charge in [-0.05, 0) is 56.0 Å². The van der Waals surface area contributed by atoms with Crippen molar-refractivity contribution < 1.29 is 4.79 Å². The van der Waals surface area contributed by atoms with Gasteiger partial charge in [-0.1, -0.05) is 13.8 Å². The van der Waals surface area contributed by atoms with Crippen LogP contribution >= 0.6 is 0 Å². The minimum atomic E-state index is -0.0949. The molecule has 3 unspecified atom stereocenters. The van der Waals surface area contributed by atoms with Gasteiger partial charge in [0.1, 0.15) is 0 Å². The molecule has 2 rings (SSSR count). The number of nitrogen functional groups attached to an aromatic ring is 1. The molecule has 1 aromatic rings. The molecule has 0 radical (unpaired) electrons. The van der Waals surface area contributed by atoms with Gasteiger partial charge in [0.2, 0.25) is 5.91 Å². The number of carbonyl (C=O) groups is 1. The number of likely N-dealkylation sites (tertiary alicyclic amines) is 1. The van der Waals surface area contributed by atoms with Crippen LogP contribution in [0.3, 0.4) is 0 Å². The Morgan fingerprint density at radius 3 is 2.55 bits per heavy atom. The molecule has 0 aliphatic carbocycles. The molecular weight excluding hydrogens is 250 g/mol. The molecule has 0 saturated carbocycles. The maximum atomic E-state index is 12.3. The lowest BCUT2D eigenvalue weighted by molar-refractivity contribution is -0.121. The molecular formula is C16H25N3O. The zero-order valence-electron chi connectivity index (χ0n) is 12.6. The number of carbonyl (C=O) groups excluding carboxylic acids is 1. The van der Waals surface area contributed by atoms with Crippen LogP contribution in [-0.4, -0.2) is 29.9 Å². The first-order valence-corrected chi connectivity index (χ1v) is 7.38. The molecule has 0 spiro atoms. The standard InChI is InChI=1S/C16H25N3O/c1-11-8-9-19(10-12(11)2)13(3)16(20)18-15-6-4-14(17)5-7-15/h4-7,11-13H,8-10,17H2,1-3H3,(H,18,20). The van der Waals surface area contributed by atoms with Crippen molar-refractivity contribution in [1.82, 2.24) is 4.90 Å². The number of nitrogens with two attached hydrogens (primary N) is 1. The quantitative estimate of drug-likeness (QED) is 0.834. The largest absolute Gasteiger partial charge is 0.399 e. The average molecular weight is 275 g/mol. The number of piperidine rings is 1. The van der Waals surface area contributed by atoms with Gasteiger partial charge in [-0.15, -0.1) is 0 Å². The van der Waals surface area contributed by atoms with Crippen LogP contribution in [-0.2, 0) is 4.79 Å². The van der Waals surface area contributed by atoms with E-state index < -0.39 is 0 Å². The second-order valence-electron chi connectivity index (χ2n) is 6.03. The molecule has 1 fully saturated rings. The Bertz CT molecular complexity index is 457. The van der Waals surface area contributed by atoms with Crippen molar-refractivity contribution in [2.75, 3.05) is 24.1 Å². The van der Waals surface area contributed by atoms with Gasteiger partial charge in [0.05, 0.1) is 6.04 Å². The van der Waals surface area contributed by atoms with Crippen LogP contribution in [0.15, 0.2) is 24.3 Å². The van der Waals surface area contributed by atoms with E-state index in [4.69, 9.17) is 5.73 Å². The summed E-state index contributed by atoms with van der Waals surface area (Å²) in [5, 5.41) is 2.96. The van der Waals surface area contributed by atoms with Crippen molar-refractivity contribution in [3.05, 3.63) is 24.3 Å². The normalized spacial score (nSPS) is 25.1. The Morgan fingerprint density at radius 1 is 1.30 bits per heavy atom. The highest BCUT2D eigenvalue weighted by molar-refractivity contribution is 5.94. The molecule has 3 atom stereocenters.